The summed E-state index contributed by atoms with van der Waals surface area (Å²) in [6, 6.07) is 7.95. The first kappa shape index (κ1) is 26.1. The predicted octanol–water partition coefficient (Wildman–Crippen LogP) is 5.18. The van der Waals surface area contributed by atoms with Crippen LogP contribution in [0.25, 0.3) is 16.8 Å². The lowest BCUT2D eigenvalue weighted by Crippen LogP contribution is -2.29. The Labute approximate surface area is 220 Å². The van der Waals surface area contributed by atoms with Crippen LogP contribution in [0.1, 0.15) is 54.9 Å². The minimum atomic E-state index is -4.56. The molecule has 0 radical (unpaired) electrons. The number of aliphatic carboxylic acids is 1. The van der Waals surface area contributed by atoms with Crippen LogP contribution in [-0.4, -0.2) is 36.3 Å². The first-order valence-corrected chi connectivity index (χ1v) is 12.1. The number of fused-ring (bicyclic) bond motifs is 1. The molecule has 202 valence electrons. The molecule has 1 saturated carbocycles. The molecule has 3 heterocycles. The fraction of sp³-hybridized carbons (Fsp3) is 0.296. The maximum atomic E-state index is 13.0. The van der Waals surface area contributed by atoms with E-state index in [1.54, 1.807) is 31.5 Å². The molecule has 0 aliphatic heterocycles. The summed E-state index contributed by atoms with van der Waals surface area (Å²) >= 11 is 0. The Hall–Kier alpha value is -4.48. The number of benzene rings is 1. The van der Waals surface area contributed by atoms with E-state index in [4.69, 9.17) is 10.7 Å². The van der Waals surface area contributed by atoms with Crippen LogP contribution in [0, 0.1) is 5.41 Å². The number of hydrogen-bond acceptors (Lipinski definition) is 6. The lowest BCUT2D eigenvalue weighted by atomic mass is 9.81. The molecule has 12 heteroatoms. The number of pyridine rings is 1. The number of nitrogens with two attached hydrogens (primary N) is 1. The van der Waals surface area contributed by atoms with Crippen LogP contribution in [0.4, 0.5) is 24.8 Å². The van der Waals surface area contributed by atoms with Crippen LogP contribution in [-0.2, 0) is 16.4 Å². The number of aromatic nitrogens is 4. The number of carboxylic acid groups (broad SMARTS) is 1. The molecular weight excluding hydrogens is 513 g/mol. The maximum absolute atomic E-state index is 13.0. The molecule has 0 spiro atoms. The molecular formula is C27H25F3N6O3. The van der Waals surface area contributed by atoms with Crippen LogP contribution in [0.3, 0.4) is 0 Å². The lowest BCUT2D eigenvalue weighted by Gasteiger charge is -2.25. The smallest absolute Gasteiger partial charge is 0.416 e. The van der Waals surface area contributed by atoms with E-state index in [2.05, 4.69) is 15.3 Å². The highest BCUT2D eigenvalue weighted by atomic mass is 19.4. The Morgan fingerprint density at radius 2 is 1.79 bits per heavy atom. The molecule has 4 N–H and O–H groups in total. The van der Waals surface area contributed by atoms with Gasteiger partial charge >= 0.3 is 12.1 Å². The summed E-state index contributed by atoms with van der Waals surface area (Å²) in [6.45, 7) is 3.73. The van der Waals surface area contributed by atoms with Crippen molar-refractivity contribution in [1.29, 1.82) is 0 Å². The van der Waals surface area contributed by atoms with E-state index < -0.39 is 34.4 Å². The summed E-state index contributed by atoms with van der Waals surface area (Å²) in [4.78, 5) is 37.5. The third-order valence-electron chi connectivity index (χ3n) is 7.40. The van der Waals surface area contributed by atoms with Crippen LogP contribution in [0.5, 0.6) is 0 Å². The number of anilines is 2. The minimum absolute atomic E-state index is 0.202. The van der Waals surface area contributed by atoms with Crippen LogP contribution < -0.4 is 11.1 Å². The van der Waals surface area contributed by atoms with Gasteiger partial charge in [-0.05, 0) is 50.5 Å². The Bertz CT molecular complexity index is 1600. The third kappa shape index (κ3) is 4.66. The number of halogens is 3. The van der Waals surface area contributed by atoms with Crippen LogP contribution >= 0.6 is 0 Å². The highest BCUT2D eigenvalue weighted by Gasteiger charge is 2.50. The number of nitrogens with zero attached hydrogens (tertiary/aromatic N) is 4. The number of rotatable bonds is 5. The topological polar surface area (TPSA) is 135 Å². The van der Waals surface area contributed by atoms with Crippen molar-refractivity contribution in [2.24, 2.45) is 5.41 Å². The van der Waals surface area contributed by atoms with Crippen LogP contribution in [0.15, 0.2) is 55.0 Å². The molecule has 1 amide bonds. The van der Waals surface area contributed by atoms with Gasteiger partial charge in [-0.2, -0.15) is 13.2 Å². The average molecular weight is 539 g/mol. The van der Waals surface area contributed by atoms with Gasteiger partial charge in [0.15, 0.2) is 0 Å². The fourth-order valence-corrected chi connectivity index (χ4v) is 5.30. The Kier molecular flexibility index (Phi) is 6.08. The summed E-state index contributed by atoms with van der Waals surface area (Å²) in [5, 5.41) is 12.1. The van der Waals surface area contributed by atoms with E-state index in [-0.39, 0.29) is 17.2 Å². The number of carboxylic acids is 1. The van der Waals surface area contributed by atoms with E-state index in [1.165, 1.54) is 12.1 Å². The summed E-state index contributed by atoms with van der Waals surface area (Å²) in [5.74, 6) is -0.782. The summed E-state index contributed by atoms with van der Waals surface area (Å²) in [7, 11) is 0. The summed E-state index contributed by atoms with van der Waals surface area (Å²) in [6.07, 6.45) is 1.25. The normalized spacial score (nSPS) is 21.3. The lowest BCUT2D eigenvalue weighted by molar-refractivity contribution is -0.147. The van der Waals surface area contributed by atoms with Gasteiger partial charge in [0.1, 0.15) is 28.7 Å². The molecule has 1 fully saturated rings. The highest BCUT2D eigenvalue weighted by Crippen LogP contribution is 2.51. The molecule has 0 bridgehead atoms. The van der Waals surface area contributed by atoms with E-state index in [0.717, 1.165) is 18.3 Å². The van der Waals surface area contributed by atoms with Gasteiger partial charge in [-0.25, -0.2) is 15.0 Å². The quantitative estimate of drug-likeness (QED) is 0.319. The number of nitrogens with one attached hydrogen (secondary N) is 1. The monoisotopic (exact) mass is 538 g/mol. The van der Waals surface area contributed by atoms with Gasteiger partial charge in [-0.15, -0.1) is 0 Å². The summed E-state index contributed by atoms with van der Waals surface area (Å²) in [5.41, 5.74) is 5.84. The molecule has 39 heavy (non-hydrogen) atoms. The molecule has 4 aromatic rings. The maximum Gasteiger partial charge on any atom is 0.416 e. The van der Waals surface area contributed by atoms with Crippen molar-refractivity contribution in [2.75, 3.05) is 11.1 Å². The van der Waals surface area contributed by atoms with Gasteiger partial charge in [0.2, 0.25) is 0 Å². The molecule has 3 aromatic heterocycles. The first-order valence-electron chi connectivity index (χ1n) is 12.1. The Morgan fingerprint density at radius 1 is 1.08 bits per heavy atom. The zero-order valence-corrected chi connectivity index (χ0v) is 21.1. The number of hydrogen-bond donors (Lipinski definition) is 3. The number of imidazole rings is 1. The largest absolute Gasteiger partial charge is 0.481 e. The second-order valence-electron chi connectivity index (χ2n) is 10.4. The molecule has 1 aliphatic carbocycles. The van der Waals surface area contributed by atoms with Gasteiger partial charge in [0, 0.05) is 35.1 Å². The van der Waals surface area contributed by atoms with E-state index in [0.29, 0.717) is 41.9 Å². The molecule has 2 atom stereocenters. The summed E-state index contributed by atoms with van der Waals surface area (Å²) < 4.78 is 40.8. The van der Waals surface area contributed by atoms with Gasteiger partial charge in [0.25, 0.3) is 5.91 Å². The van der Waals surface area contributed by atoms with Gasteiger partial charge in [-0.3, -0.25) is 14.0 Å². The average Bonchev–Trinajstić information content (AvgIpc) is 3.44. The predicted molar refractivity (Wildman–Crippen MR) is 137 cm³/mol. The van der Waals surface area contributed by atoms with Crippen LogP contribution in [0.2, 0.25) is 0 Å². The standard InChI is InChI=1S/C27H25F3N6O3/c1-25(8-9-26(2,14-25)24(38)39)23-35-19(20-21(31)33-11-12-36(20)23)15-3-5-16(6-4-15)22(37)34-18-13-17(7-10-32-18)27(28,29)30/h3-7,10-13H,8-9,14H2,1-2H3,(H2,31,33)(H,38,39)(H,32,34,37)/t25-,26-/m1/s1. The zero-order chi connectivity index (χ0) is 28.2. The van der Waals surface area contributed by atoms with Crippen molar-refractivity contribution < 1.29 is 27.9 Å². The molecule has 9 nitrogen and oxygen atoms in total. The zero-order valence-electron chi connectivity index (χ0n) is 21.1. The number of nitrogen functional groups attached to an aromatic ring is 1. The second kappa shape index (κ2) is 9.07. The highest BCUT2D eigenvalue weighted by molar-refractivity contribution is 6.04. The van der Waals surface area contributed by atoms with E-state index >= 15 is 0 Å². The van der Waals surface area contributed by atoms with Crippen molar-refractivity contribution in [2.45, 2.75) is 44.7 Å². The third-order valence-corrected chi connectivity index (χ3v) is 7.40. The number of carbonyl (C=O) groups is 2. The van der Waals surface area contributed by atoms with Crippen molar-refractivity contribution in [1.82, 2.24) is 19.4 Å². The van der Waals surface area contributed by atoms with Gasteiger partial charge in [-0.1, -0.05) is 19.1 Å². The van der Waals surface area contributed by atoms with Crippen molar-refractivity contribution >= 4 is 29.0 Å². The molecule has 1 aromatic carbocycles. The molecule has 0 unspecified atom stereocenters. The minimum Gasteiger partial charge on any atom is -0.481 e. The van der Waals surface area contributed by atoms with Gasteiger partial charge < -0.3 is 16.2 Å². The van der Waals surface area contributed by atoms with Gasteiger partial charge in [0.05, 0.1) is 11.0 Å². The Morgan fingerprint density at radius 3 is 2.44 bits per heavy atom. The number of alkyl halides is 3. The second-order valence-corrected chi connectivity index (χ2v) is 10.4. The van der Waals surface area contributed by atoms with Crippen molar-refractivity contribution in [3.05, 3.63) is 71.9 Å². The SMILES string of the molecule is C[C@@]1(C(=O)O)CC[C@@](C)(c2nc(-c3ccc(C(=O)Nc4cc(C(F)(F)F)ccn4)cc3)c3c(N)nccn23)C1. The Balaban J connectivity index is 1.47. The van der Waals surface area contributed by atoms with E-state index in [9.17, 15) is 27.9 Å². The first-order chi connectivity index (χ1) is 18.3. The molecule has 5 rings (SSSR count). The fourth-order valence-electron chi connectivity index (χ4n) is 5.30. The number of amides is 1. The van der Waals surface area contributed by atoms with Crippen molar-refractivity contribution in [3.63, 3.8) is 0 Å². The number of carbonyl (C=O) groups excluding carboxylic acids is 1. The molecule has 0 saturated heterocycles. The van der Waals surface area contributed by atoms with E-state index in [1.807, 2.05) is 11.3 Å². The molecule has 1 aliphatic rings. The van der Waals surface area contributed by atoms with Crippen molar-refractivity contribution in [3.8, 4) is 11.3 Å².